The van der Waals surface area contributed by atoms with Gasteiger partial charge >= 0.3 is 0 Å². The minimum Gasteiger partial charge on any atom is -0.375 e. The highest BCUT2D eigenvalue weighted by Crippen LogP contribution is 2.32. The second-order valence-corrected chi connectivity index (χ2v) is 9.22. The molecule has 5 rings (SSSR count). The quantitative estimate of drug-likeness (QED) is 0.371. The largest absolute Gasteiger partial charge is 0.375 e. The van der Waals surface area contributed by atoms with E-state index in [9.17, 15) is 14.0 Å². The third kappa shape index (κ3) is 4.02. The van der Waals surface area contributed by atoms with Crippen LogP contribution in [0.2, 0.25) is 0 Å². The minimum atomic E-state index is -0.570. The number of nitrogens with one attached hydrogen (secondary N) is 1. The fourth-order valence-corrected chi connectivity index (χ4v) is 5.17. The van der Waals surface area contributed by atoms with Crippen molar-refractivity contribution in [2.75, 3.05) is 5.32 Å². The van der Waals surface area contributed by atoms with Gasteiger partial charge in [0.25, 0.3) is 11.5 Å². The molecule has 1 amide bonds. The van der Waals surface area contributed by atoms with Crippen molar-refractivity contribution >= 4 is 50.6 Å². The maximum atomic E-state index is 13.8. The van der Waals surface area contributed by atoms with Crippen LogP contribution < -0.4 is 10.9 Å². The van der Waals surface area contributed by atoms with Crippen molar-refractivity contribution in [2.24, 2.45) is 0 Å². The predicted octanol–water partition coefficient (Wildman–Crippen LogP) is 4.89. The second-order valence-electron chi connectivity index (χ2n) is 6.97. The van der Waals surface area contributed by atoms with Crippen molar-refractivity contribution in [3.8, 4) is 0 Å². The average molecular weight is 467 g/mol. The summed E-state index contributed by atoms with van der Waals surface area (Å²) >= 11 is 2.94. The molecule has 0 saturated carbocycles. The number of rotatable bonds is 5. The van der Waals surface area contributed by atoms with Crippen molar-refractivity contribution in [1.82, 2.24) is 14.5 Å². The Labute approximate surface area is 188 Å². The lowest BCUT2D eigenvalue weighted by Gasteiger charge is -2.05. The first-order valence-electron chi connectivity index (χ1n) is 9.55. The van der Waals surface area contributed by atoms with Gasteiger partial charge in [0.15, 0.2) is 9.99 Å². The lowest BCUT2D eigenvalue weighted by atomic mass is 10.2. The Bertz CT molecular complexity index is 1540. The number of aryl methyl sites for hydroxylation is 1. The third-order valence-electron chi connectivity index (χ3n) is 4.61. The van der Waals surface area contributed by atoms with Gasteiger partial charge in [-0.25, -0.2) is 14.4 Å². The fourth-order valence-electron chi connectivity index (χ4n) is 3.17. The molecule has 32 heavy (non-hydrogen) atoms. The summed E-state index contributed by atoms with van der Waals surface area (Å²) in [6.45, 7) is 1.76. The number of carbonyl (C=O) groups is 1. The molecule has 0 unspecified atom stereocenters. The first-order chi connectivity index (χ1) is 15.5. The molecule has 160 valence electrons. The minimum absolute atomic E-state index is 0.0127. The average Bonchev–Trinajstić information content (AvgIpc) is 3.34. The number of thiazole rings is 1. The highest BCUT2D eigenvalue weighted by Gasteiger charge is 2.13. The van der Waals surface area contributed by atoms with E-state index in [2.05, 4.69) is 15.3 Å². The smallest absolute Gasteiger partial charge is 0.287 e. The zero-order valence-corrected chi connectivity index (χ0v) is 18.3. The summed E-state index contributed by atoms with van der Waals surface area (Å²) in [5.74, 6) is 0.0130. The molecule has 3 heterocycles. The molecule has 1 N–H and O–H groups in total. The Morgan fingerprint density at radius 2 is 2.03 bits per heavy atom. The van der Waals surface area contributed by atoms with Crippen molar-refractivity contribution in [3.05, 3.63) is 87.8 Å². The number of amides is 1. The van der Waals surface area contributed by atoms with Gasteiger partial charge < -0.3 is 9.84 Å². The van der Waals surface area contributed by atoms with Crippen molar-refractivity contribution < 1.29 is 13.7 Å². The van der Waals surface area contributed by atoms with Gasteiger partial charge in [0.2, 0.25) is 0 Å². The highest BCUT2D eigenvalue weighted by atomic mass is 32.2. The van der Waals surface area contributed by atoms with E-state index in [4.69, 9.17) is 4.52 Å². The molecule has 0 radical (unpaired) electrons. The standard InChI is InChI=1S/C22H15FN4O3S2/c1-12-8-19-24-14(10-20(28)27(19)30-12)11-31-22-26-17-7-6-13(9-18(17)32-22)25-21(29)15-4-2-3-5-16(15)23/h2-10H,11H2,1H3,(H,25,29). The summed E-state index contributed by atoms with van der Waals surface area (Å²) in [5.41, 5.74) is 2.18. The topological polar surface area (TPSA) is 89.5 Å². The summed E-state index contributed by atoms with van der Waals surface area (Å²) in [5, 5.41) is 2.72. The second kappa shape index (κ2) is 8.21. The highest BCUT2D eigenvalue weighted by molar-refractivity contribution is 8.00. The van der Waals surface area contributed by atoms with E-state index in [1.807, 2.05) is 0 Å². The lowest BCUT2D eigenvalue weighted by molar-refractivity contribution is 0.102. The van der Waals surface area contributed by atoms with Crippen molar-refractivity contribution in [2.45, 2.75) is 17.0 Å². The lowest BCUT2D eigenvalue weighted by Crippen LogP contribution is -2.13. The number of hydrogen-bond acceptors (Lipinski definition) is 7. The van der Waals surface area contributed by atoms with E-state index in [-0.39, 0.29) is 11.1 Å². The van der Waals surface area contributed by atoms with E-state index >= 15 is 0 Å². The van der Waals surface area contributed by atoms with E-state index in [1.165, 1.54) is 51.9 Å². The molecule has 0 aliphatic carbocycles. The van der Waals surface area contributed by atoms with Crippen LogP contribution in [0.5, 0.6) is 0 Å². The summed E-state index contributed by atoms with van der Waals surface area (Å²) in [7, 11) is 0. The van der Waals surface area contributed by atoms with Crippen LogP contribution in [0.3, 0.4) is 0 Å². The first-order valence-corrected chi connectivity index (χ1v) is 11.4. The summed E-state index contributed by atoms with van der Waals surface area (Å²) in [6, 6.07) is 14.3. The maximum absolute atomic E-state index is 13.8. The van der Waals surface area contributed by atoms with Crippen LogP contribution in [0, 0.1) is 12.7 Å². The third-order valence-corrected chi connectivity index (χ3v) is 6.81. The number of fused-ring (bicyclic) bond motifs is 2. The van der Waals surface area contributed by atoms with Crippen LogP contribution >= 0.6 is 23.1 Å². The Morgan fingerprint density at radius 3 is 2.88 bits per heavy atom. The Hall–Kier alpha value is -3.50. The molecule has 7 nitrogen and oxygen atoms in total. The Morgan fingerprint density at radius 1 is 1.19 bits per heavy atom. The predicted molar refractivity (Wildman–Crippen MR) is 122 cm³/mol. The van der Waals surface area contributed by atoms with Gasteiger partial charge in [0.05, 0.1) is 21.5 Å². The number of hydrogen-bond donors (Lipinski definition) is 1. The monoisotopic (exact) mass is 466 g/mol. The van der Waals surface area contributed by atoms with E-state index in [0.29, 0.717) is 28.5 Å². The summed E-state index contributed by atoms with van der Waals surface area (Å²) in [4.78, 5) is 33.6. The van der Waals surface area contributed by atoms with Gasteiger partial charge in [-0.3, -0.25) is 9.59 Å². The van der Waals surface area contributed by atoms with Crippen LogP contribution in [0.4, 0.5) is 10.1 Å². The van der Waals surface area contributed by atoms with E-state index < -0.39 is 11.7 Å². The summed E-state index contributed by atoms with van der Waals surface area (Å²) < 4.78 is 22.0. The SMILES string of the molecule is Cc1cc2nc(CSc3nc4ccc(NC(=O)c5ccccc5F)cc4s3)cc(=O)n2o1. The Kier molecular flexibility index (Phi) is 5.24. The number of nitrogens with zero attached hydrogens (tertiary/aromatic N) is 3. The maximum Gasteiger partial charge on any atom is 0.287 e. The molecule has 10 heteroatoms. The van der Waals surface area contributed by atoms with Crippen molar-refractivity contribution in [1.29, 1.82) is 0 Å². The molecule has 0 aliphatic heterocycles. The fraction of sp³-hybridized carbons (Fsp3) is 0.0909. The van der Waals surface area contributed by atoms with Crippen LogP contribution in [0.1, 0.15) is 21.8 Å². The van der Waals surface area contributed by atoms with Gasteiger partial charge in [0.1, 0.15) is 11.6 Å². The van der Waals surface area contributed by atoms with E-state index in [0.717, 1.165) is 14.6 Å². The molecule has 2 aromatic carbocycles. The van der Waals surface area contributed by atoms with Gasteiger partial charge in [-0.05, 0) is 37.3 Å². The van der Waals surface area contributed by atoms with Gasteiger partial charge in [-0.2, -0.15) is 0 Å². The molecule has 0 saturated heterocycles. The molecule has 3 aromatic heterocycles. The number of carbonyl (C=O) groups excluding carboxylic acids is 1. The van der Waals surface area contributed by atoms with Crippen molar-refractivity contribution in [3.63, 3.8) is 0 Å². The number of aromatic nitrogens is 3. The molecule has 0 aliphatic rings. The molecule has 0 spiro atoms. The number of benzene rings is 2. The zero-order valence-electron chi connectivity index (χ0n) is 16.7. The van der Waals surface area contributed by atoms with Gasteiger partial charge in [0, 0.05) is 23.6 Å². The van der Waals surface area contributed by atoms with E-state index in [1.54, 1.807) is 37.3 Å². The van der Waals surface area contributed by atoms with Crippen LogP contribution in [0.25, 0.3) is 15.9 Å². The van der Waals surface area contributed by atoms with Gasteiger partial charge in [-0.15, -0.1) is 15.9 Å². The van der Waals surface area contributed by atoms with Crippen LogP contribution in [-0.2, 0) is 5.75 Å². The first kappa shape index (κ1) is 20.4. The molecule has 0 fully saturated rings. The number of thioether (sulfide) groups is 1. The Balaban J connectivity index is 1.32. The number of anilines is 1. The van der Waals surface area contributed by atoms with Crippen LogP contribution in [0.15, 0.2) is 68.3 Å². The van der Waals surface area contributed by atoms with Crippen LogP contribution in [-0.4, -0.2) is 20.4 Å². The van der Waals surface area contributed by atoms with Gasteiger partial charge in [-0.1, -0.05) is 23.9 Å². The zero-order chi connectivity index (χ0) is 22.2. The summed E-state index contributed by atoms with van der Waals surface area (Å²) in [6.07, 6.45) is 0. The molecular weight excluding hydrogens is 451 g/mol. The molecular formula is C22H15FN4O3S2. The molecule has 0 bridgehead atoms. The normalized spacial score (nSPS) is 11.3. The molecule has 0 atom stereocenters. The molecule has 5 aromatic rings. The number of halogens is 1.